The van der Waals surface area contributed by atoms with Gasteiger partial charge in [-0.15, -0.1) is 0 Å². The lowest BCUT2D eigenvalue weighted by Crippen LogP contribution is -2.28. The van der Waals surface area contributed by atoms with Gasteiger partial charge in [0.15, 0.2) is 0 Å². The zero-order valence-corrected chi connectivity index (χ0v) is 23.6. The Morgan fingerprint density at radius 3 is 2.40 bits per heavy atom. The molecule has 1 heterocycles. The van der Waals surface area contributed by atoms with Gasteiger partial charge in [0.1, 0.15) is 18.2 Å². The van der Waals surface area contributed by atoms with Crippen molar-refractivity contribution in [3.05, 3.63) is 120 Å². The summed E-state index contributed by atoms with van der Waals surface area (Å²) in [4.78, 5) is 17.6. The number of aromatic nitrogens is 2. The van der Waals surface area contributed by atoms with E-state index in [2.05, 4.69) is 79.2 Å². The Hall–Kier alpha value is -4.38. The SMILES string of the molecule is Cc1ccc(C(C)C)c(OCCn2c(CCNC(=O)Cc3ccc(-c4ccccc4)cc3)nc3ccccc32)c1. The molecule has 4 aromatic carbocycles. The third-order valence-corrected chi connectivity index (χ3v) is 7.19. The average molecular weight is 532 g/mol. The normalized spacial score (nSPS) is 11.2. The van der Waals surface area contributed by atoms with Crippen LogP contribution >= 0.6 is 0 Å². The van der Waals surface area contributed by atoms with Crippen LogP contribution in [0.5, 0.6) is 5.75 Å². The van der Waals surface area contributed by atoms with Gasteiger partial charge in [0.05, 0.1) is 24.0 Å². The molecular weight excluding hydrogens is 494 g/mol. The lowest BCUT2D eigenvalue weighted by Gasteiger charge is -2.16. The summed E-state index contributed by atoms with van der Waals surface area (Å²) in [6.45, 7) is 8.22. The van der Waals surface area contributed by atoms with E-state index >= 15 is 0 Å². The molecule has 0 aliphatic heterocycles. The number of nitrogens with one attached hydrogen (secondary N) is 1. The number of para-hydroxylation sites is 2. The molecule has 0 radical (unpaired) electrons. The number of fused-ring (bicyclic) bond motifs is 1. The molecule has 0 saturated heterocycles. The van der Waals surface area contributed by atoms with Crippen molar-refractivity contribution in [1.82, 2.24) is 14.9 Å². The number of benzene rings is 4. The van der Waals surface area contributed by atoms with E-state index in [1.807, 2.05) is 48.5 Å². The van der Waals surface area contributed by atoms with Gasteiger partial charge in [-0.2, -0.15) is 0 Å². The molecule has 0 unspecified atom stereocenters. The van der Waals surface area contributed by atoms with Crippen molar-refractivity contribution in [2.45, 2.75) is 46.1 Å². The van der Waals surface area contributed by atoms with E-state index in [1.54, 1.807) is 0 Å². The van der Waals surface area contributed by atoms with Crippen LogP contribution < -0.4 is 10.1 Å². The van der Waals surface area contributed by atoms with Gasteiger partial charge in [0.2, 0.25) is 5.91 Å². The summed E-state index contributed by atoms with van der Waals surface area (Å²) in [6, 6.07) is 33.0. The first kappa shape index (κ1) is 27.2. The molecule has 0 fully saturated rings. The van der Waals surface area contributed by atoms with Gasteiger partial charge >= 0.3 is 0 Å². The summed E-state index contributed by atoms with van der Waals surface area (Å²) < 4.78 is 8.50. The van der Waals surface area contributed by atoms with Crippen molar-refractivity contribution in [1.29, 1.82) is 0 Å². The first-order valence-electron chi connectivity index (χ1n) is 14.1. The van der Waals surface area contributed by atoms with Crippen molar-refractivity contribution in [3.8, 4) is 16.9 Å². The minimum atomic E-state index is 0.0131. The molecule has 0 aliphatic rings. The maximum absolute atomic E-state index is 12.7. The molecule has 0 aliphatic carbocycles. The molecule has 1 amide bonds. The number of hydrogen-bond donors (Lipinski definition) is 1. The Bertz CT molecular complexity index is 1570. The molecule has 40 heavy (non-hydrogen) atoms. The highest BCUT2D eigenvalue weighted by Crippen LogP contribution is 2.28. The molecule has 5 rings (SSSR count). The second kappa shape index (κ2) is 12.6. The van der Waals surface area contributed by atoms with Crippen LogP contribution in [0.15, 0.2) is 97.1 Å². The minimum absolute atomic E-state index is 0.0131. The predicted octanol–water partition coefficient (Wildman–Crippen LogP) is 7.12. The molecule has 5 nitrogen and oxygen atoms in total. The summed E-state index contributed by atoms with van der Waals surface area (Å²) in [7, 11) is 0. The van der Waals surface area contributed by atoms with Crippen LogP contribution in [0.3, 0.4) is 0 Å². The van der Waals surface area contributed by atoms with E-state index in [9.17, 15) is 4.79 Å². The largest absolute Gasteiger partial charge is 0.491 e. The Morgan fingerprint density at radius 1 is 0.900 bits per heavy atom. The molecule has 5 aromatic rings. The Balaban J connectivity index is 1.19. The summed E-state index contributed by atoms with van der Waals surface area (Å²) in [5.74, 6) is 2.31. The van der Waals surface area contributed by atoms with E-state index in [0.717, 1.165) is 33.7 Å². The van der Waals surface area contributed by atoms with Gasteiger partial charge in [-0.25, -0.2) is 4.98 Å². The van der Waals surface area contributed by atoms with Crippen LogP contribution in [0.4, 0.5) is 0 Å². The van der Waals surface area contributed by atoms with Crippen molar-refractivity contribution in [3.63, 3.8) is 0 Å². The number of ether oxygens (including phenoxy) is 1. The van der Waals surface area contributed by atoms with Gasteiger partial charge in [-0.05, 0) is 58.9 Å². The monoisotopic (exact) mass is 531 g/mol. The maximum atomic E-state index is 12.7. The molecule has 1 aromatic heterocycles. The van der Waals surface area contributed by atoms with Crippen LogP contribution in [0.1, 0.15) is 42.3 Å². The Morgan fingerprint density at radius 2 is 1.62 bits per heavy atom. The second-order valence-electron chi connectivity index (χ2n) is 10.6. The molecular formula is C35H37N3O2. The molecule has 0 spiro atoms. The summed E-state index contributed by atoms with van der Waals surface area (Å²) in [5.41, 5.74) is 7.77. The Kier molecular flexibility index (Phi) is 8.60. The fourth-order valence-corrected chi connectivity index (χ4v) is 5.06. The van der Waals surface area contributed by atoms with E-state index in [0.29, 0.717) is 38.5 Å². The quantitative estimate of drug-likeness (QED) is 0.198. The predicted molar refractivity (Wildman–Crippen MR) is 163 cm³/mol. The fraction of sp³-hybridized carbons (Fsp3) is 0.257. The number of aryl methyl sites for hydroxylation is 1. The molecule has 0 atom stereocenters. The standard InChI is InChI=1S/C35H37N3O2/c1-25(2)30-18-13-26(3)23-33(30)40-22-21-38-32-12-8-7-11-31(32)37-34(38)19-20-36-35(39)24-27-14-16-29(17-15-27)28-9-5-4-6-10-28/h4-18,23,25H,19-22,24H2,1-3H3,(H,36,39). The summed E-state index contributed by atoms with van der Waals surface area (Å²) in [5, 5.41) is 3.08. The van der Waals surface area contributed by atoms with E-state index in [1.165, 1.54) is 16.7 Å². The number of hydrogen-bond acceptors (Lipinski definition) is 3. The Labute approximate surface area is 236 Å². The fourth-order valence-electron chi connectivity index (χ4n) is 5.06. The van der Waals surface area contributed by atoms with Crippen molar-refractivity contribution in [2.75, 3.05) is 13.2 Å². The lowest BCUT2D eigenvalue weighted by molar-refractivity contribution is -0.120. The van der Waals surface area contributed by atoms with E-state index < -0.39 is 0 Å². The smallest absolute Gasteiger partial charge is 0.224 e. The maximum Gasteiger partial charge on any atom is 0.224 e. The van der Waals surface area contributed by atoms with E-state index in [4.69, 9.17) is 9.72 Å². The van der Waals surface area contributed by atoms with Gasteiger partial charge < -0.3 is 14.6 Å². The molecule has 204 valence electrons. The average Bonchev–Trinajstić information content (AvgIpc) is 3.31. The van der Waals surface area contributed by atoms with Crippen LogP contribution in [-0.2, 0) is 24.2 Å². The zero-order chi connectivity index (χ0) is 27.9. The van der Waals surface area contributed by atoms with Gasteiger partial charge in [-0.3, -0.25) is 4.79 Å². The highest BCUT2D eigenvalue weighted by molar-refractivity contribution is 5.79. The summed E-state index contributed by atoms with van der Waals surface area (Å²) >= 11 is 0. The van der Waals surface area contributed by atoms with Crippen LogP contribution in [0, 0.1) is 6.92 Å². The van der Waals surface area contributed by atoms with Gasteiger partial charge in [-0.1, -0.05) is 92.7 Å². The third-order valence-electron chi connectivity index (χ3n) is 7.19. The van der Waals surface area contributed by atoms with Crippen LogP contribution in [0.2, 0.25) is 0 Å². The van der Waals surface area contributed by atoms with Gasteiger partial charge in [0.25, 0.3) is 0 Å². The first-order valence-corrected chi connectivity index (χ1v) is 14.1. The molecule has 0 bridgehead atoms. The number of carbonyl (C=O) groups excluding carboxylic acids is 1. The number of rotatable bonds is 11. The third kappa shape index (κ3) is 6.60. The highest BCUT2D eigenvalue weighted by Gasteiger charge is 2.13. The molecule has 5 heteroatoms. The lowest BCUT2D eigenvalue weighted by atomic mass is 10.0. The van der Waals surface area contributed by atoms with Crippen LogP contribution in [-0.4, -0.2) is 28.6 Å². The van der Waals surface area contributed by atoms with Crippen LogP contribution in [0.25, 0.3) is 22.2 Å². The van der Waals surface area contributed by atoms with Crippen molar-refractivity contribution in [2.24, 2.45) is 0 Å². The number of nitrogens with zero attached hydrogens (tertiary/aromatic N) is 2. The van der Waals surface area contributed by atoms with E-state index in [-0.39, 0.29) is 5.91 Å². The van der Waals surface area contributed by atoms with Crippen molar-refractivity contribution >= 4 is 16.9 Å². The first-order chi connectivity index (χ1) is 19.5. The molecule has 1 N–H and O–H groups in total. The van der Waals surface area contributed by atoms with Gasteiger partial charge in [0, 0.05) is 13.0 Å². The minimum Gasteiger partial charge on any atom is -0.491 e. The highest BCUT2D eigenvalue weighted by atomic mass is 16.5. The number of amides is 1. The van der Waals surface area contributed by atoms with Crippen molar-refractivity contribution < 1.29 is 9.53 Å². The number of imidazole rings is 1. The zero-order valence-electron chi connectivity index (χ0n) is 23.6. The number of carbonyl (C=O) groups is 1. The second-order valence-corrected chi connectivity index (χ2v) is 10.6. The molecule has 0 saturated carbocycles. The topological polar surface area (TPSA) is 56.1 Å². The summed E-state index contributed by atoms with van der Waals surface area (Å²) in [6.07, 6.45) is 1.00.